The lowest BCUT2D eigenvalue weighted by Gasteiger charge is -2.43. The van der Waals surface area contributed by atoms with Crippen molar-refractivity contribution in [2.45, 2.75) is 44.2 Å². The Morgan fingerprint density at radius 1 is 1.29 bits per heavy atom. The van der Waals surface area contributed by atoms with Gasteiger partial charge in [-0.1, -0.05) is 19.1 Å². The molecule has 0 amide bonds. The van der Waals surface area contributed by atoms with Crippen LogP contribution in [0.1, 0.15) is 31.7 Å². The smallest absolute Gasteiger partial charge is 0.0877 e. The molecular weight excluding hydrogens is 377 g/mol. The number of methoxy groups -OCH3 is 1. The predicted molar refractivity (Wildman–Crippen MR) is 94.7 cm³/mol. The van der Waals surface area contributed by atoms with Gasteiger partial charge in [0.2, 0.25) is 0 Å². The molecule has 4 heteroatoms. The summed E-state index contributed by atoms with van der Waals surface area (Å²) in [6, 6.07) is 9.15. The Morgan fingerprint density at radius 2 is 1.95 bits per heavy atom. The molecule has 1 aliphatic rings. The number of hydrogen-bond donors (Lipinski definition) is 1. The van der Waals surface area contributed by atoms with E-state index >= 15 is 0 Å². The summed E-state index contributed by atoms with van der Waals surface area (Å²) in [5, 5.41) is 3.71. The molecule has 1 aromatic carbocycles. The highest BCUT2D eigenvalue weighted by atomic mass is 127. The van der Waals surface area contributed by atoms with E-state index in [1.54, 1.807) is 0 Å². The lowest BCUT2D eigenvalue weighted by Crippen LogP contribution is -2.56. The molecule has 1 atom stereocenters. The van der Waals surface area contributed by atoms with Crippen molar-refractivity contribution in [3.05, 3.63) is 33.4 Å². The first-order chi connectivity index (χ1) is 10.2. The number of hydrogen-bond acceptors (Lipinski definition) is 3. The van der Waals surface area contributed by atoms with E-state index in [4.69, 9.17) is 9.47 Å². The Hall–Kier alpha value is -0.170. The van der Waals surface area contributed by atoms with Gasteiger partial charge in [0, 0.05) is 42.8 Å². The van der Waals surface area contributed by atoms with Crippen LogP contribution in [-0.2, 0) is 15.9 Å². The third-order valence-corrected chi connectivity index (χ3v) is 5.09. The van der Waals surface area contributed by atoms with E-state index in [0.29, 0.717) is 6.04 Å². The van der Waals surface area contributed by atoms with Gasteiger partial charge >= 0.3 is 0 Å². The second kappa shape index (κ2) is 8.46. The molecule has 21 heavy (non-hydrogen) atoms. The molecule has 0 radical (unpaired) electrons. The summed E-state index contributed by atoms with van der Waals surface area (Å²) in [6.07, 6.45) is 4.08. The van der Waals surface area contributed by atoms with Gasteiger partial charge in [0.05, 0.1) is 5.60 Å². The molecule has 1 heterocycles. The van der Waals surface area contributed by atoms with Crippen molar-refractivity contribution in [2.75, 3.05) is 26.9 Å². The quantitative estimate of drug-likeness (QED) is 0.708. The average molecular weight is 403 g/mol. The lowest BCUT2D eigenvalue weighted by atomic mass is 9.82. The number of benzene rings is 1. The van der Waals surface area contributed by atoms with Crippen LogP contribution in [0.2, 0.25) is 0 Å². The molecule has 1 N–H and O–H groups in total. The normalized spacial score (nSPS) is 19.4. The molecule has 0 aromatic heterocycles. The Bertz CT molecular complexity index is 415. The van der Waals surface area contributed by atoms with E-state index in [-0.39, 0.29) is 5.60 Å². The Morgan fingerprint density at radius 3 is 2.52 bits per heavy atom. The van der Waals surface area contributed by atoms with Gasteiger partial charge in [-0.15, -0.1) is 0 Å². The van der Waals surface area contributed by atoms with Crippen LogP contribution in [0.3, 0.4) is 0 Å². The van der Waals surface area contributed by atoms with Crippen LogP contribution in [0.4, 0.5) is 0 Å². The second-order valence-corrected chi connectivity index (χ2v) is 6.96. The first-order valence-corrected chi connectivity index (χ1v) is 8.89. The van der Waals surface area contributed by atoms with Crippen molar-refractivity contribution in [2.24, 2.45) is 0 Å². The van der Waals surface area contributed by atoms with Gasteiger partial charge in [0.1, 0.15) is 0 Å². The maximum absolute atomic E-state index is 5.99. The number of halogens is 1. The van der Waals surface area contributed by atoms with Crippen LogP contribution >= 0.6 is 22.6 Å². The summed E-state index contributed by atoms with van der Waals surface area (Å²) >= 11 is 2.35. The maximum atomic E-state index is 5.99. The second-order valence-electron chi connectivity index (χ2n) is 5.72. The molecule has 1 aliphatic heterocycles. The summed E-state index contributed by atoms with van der Waals surface area (Å²) in [7, 11) is 1.85. The standard InChI is InChI=1S/C17H26INO2/c1-3-10-19-16(13-14-4-6-15(18)7-5-14)17(20-2)8-11-21-12-9-17/h4-7,16,19H,3,8-13H2,1-2H3. The van der Waals surface area contributed by atoms with Crippen LogP contribution in [0.25, 0.3) is 0 Å². The molecule has 0 saturated carbocycles. The Labute approximate surface area is 141 Å². The number of ether oxygens (including phenoxy) is 2. The minimum absolute atomic E-state index is 0.101. The molecule has 0 bridgehead atoms. The van der Waals surface area contributed by atoms with Crippen molar-refractivity contribution in [3.63, 3.8) is 0 Å². The molecule has 1 fully saturated rings. The summed E-state index contributed by atoms with van der Waals surface area (Å²) < 4.78 is 12.8. The van der Waals surface area contributed by atoms with Gasteiger partial charge in [0.15, 0.2) is 0 Å². The zero-order valence-corrected chi connectivity index (χ0v) is 15.2. The lowest BCUT2D eigenvalue weighted by molar-refractivity contribution is -0.110. The monoisotopic (exact) mass is 403 g/mol. The average Bonchev–Trinajstić information content (AvgIpc) is 2.54. The van der Waals surface area contributed by atoms with Gasteiger partial charge < -0.3 is 14.8 Å². The van der Waals surface area contributed by atoms with E-state index in [0.717, 1.165) is 45.4 Å². The summed E-state index contributed by atoms with van der Waals surface area (Å²) in [5.41, 5.74) is 1.27. The van der Waals surface area contributed by atoms with Crippen LogP contribution in [-0.4, -0.2) is 38.5 Å². The molecule has 2 rings (SSSR count). The molecule has 0 aliphatic carbocycles. The fraction of sp³-hybridized carbons (Fsp3) is 0.647. The molecule has 1 aromatic rings. The summed E-state index contributed by atoms with van der Waals surface area (Å²) in [6.45, 7) is 4.83. The third-order valence-electron chi connectivity index (χ3n) is 4.37. The largest absolute Gasteiger partial charge is 0.381 e. The minimum Gasteiger partial charge on any atom is -0.381 e. The van der Waals surface area contributed by atoms with Gasteiger partial charge in [-0.25, -0.2) is 0 Å². The van der Waals surface area contributed by atoms with Gasteiger partial charge in [-0.2, -0.15) is 0 Å². The topological polar surface area (TPSA) is 30.5 Å². The highest BCUT2D eigenvalue weighted by molar-refractivity contribution is 14.1. The van der Waals surface area contributed by atoms with Crippen LogP contribution in [0, 0.1) is 3.57 Å². The van der Waals surface area contributed by atoms with E-state index in [9.17, 15) is 0 Å². The fourth-order valence-corrected chi connectivity index (χ4v) is 3.39. The van der Waals surface area contributed by atoms with E-state index in [1.807, 2.05) is 7.11 Å². The van der Waals surface area contributed by atoms with E-state index in [1.165, 1.54) is 9.13 Å². The molecule has 1 saturated heterocycles. The molecule has 0 spiro atoms. The minimum atomic E-state index is -0.101. The van der Waals surface area contributed by atoms with E-state index < -0.39 is 0 Å². The fourth-order valence-electron chi connectivity index (χ4n) is 3.03. The summed E-state index contributed by atoms with van der Waals surface area (Å²) in [5.74, 6) is 0. The number of rotatable bonds is 7. The zero-order chi connectivity index (χ0) is 15.1. The number of nitrogens with one attached hydrogen (secondary N) is 1. The Balaban J connectivity index is 2.13. The van der Waals surface area contributed by atoms with Crippen molar-refractivity contribution in [1.82, 2.24) is 5.32 Å². The van der Waals surface area contributed by atoms with Gasteiger partial charge in [0.25, 0.3) is 0 Å². The first-order valence-electron chi connectivity index (χ1n) is 7.81. The van der Waals surface area contributed by atoms with Crippen LogP contribution < -0.4 is 5.32 Å². The highest BCUT2D eigenvalue weighted by Gasteiger charge is 2.40. The van der Waals surface area contributed by atoms with Gasteiger partial charge in [-0.05, 0) is 59.7 Å². The molecule has 3 nitrogen and oxygen atoms in total. The molecule has 1 unspecified atom stereocenters. The molecule has 118 valence electrons. The first kappa shape index (κ1) is 17.2. The highest BCUT2D eigenvalue weighted by Crippen LogP contribution is 2.30. The van der Waals surface area contributed by atoms with Crippen molar-refractivity contribution in [1.29, 1.82) is 0 Å². The zero-order valence-electron chi connectivity index (χ0n) is 13.0. The molecular formula is C17H26INO2. The van der Waals surface area contributed by atoms with Crippen molar-refractivity contribution in [3.8, 4) is 0 Å². The summed E-state index contributed by atoms with van der Waals surface area (Å²) in [4.78, 5) is 0. The van der Waals surface area contributed by atoms with Crippen LogP contribution in [0.15, 0.2) is 24.3 Å². The van der Waals surface area contributed by atoms with Gasteiger partial charge in [-0.3, -0.25) is 0 Å². The van der Waals surface area contributed by atoms with Crippen molar-refractivity contribution >= 4 is 22.6 Å². The van der Waals surface area contributed by atoms with Crippen LogP contribution in [0.5, 0.6) is 0 Å². The van der Waals surface area contributed by atoms with Crippen molar-refractivity contribution < 1.29 is 9.47 Å². The SMILES string of the molecule is CCCNC(Cc1ccc(I)cc1)C1(OC)CCOCC1. The van der Waals surface area contributed by atoms with E-state index in [2.05, 4.69) is 59.1 Å². The Kier molecular flexibility index (Phi) is 6.92. The maximum Gasteiger partial charge on any atom is 0.0877 e. The third kappa shape index (κ3) is 4.65. The predicted octanol–water partition coefficient (Wildman–Crippen LogP) is 3.40.